The minimum atomic E-state index is -0.287. The van der Waals surface area contributed by atoms with Gasteiger partial charge in [0.25, 0.3) is 0 Å². The molecule has 0 fully saturated rings. The maximum absolute atomic E-state index is 12.2. The zero-order chi connectivity index (χ0) is 15.9. The molecule has 1 aliphatic rings. The van der Waals surface area contributed by atoms with E-state index in [9.17, 15) is 9.59 Å². The van der Waals surface area contributed by atoms with Crippen molar-refractivity contribution in [2.45, 2.75) is 19.8 Å². The van der Waals surface area contributed by atoms with Gasteiger partial charge >= 0.3 is 5.97 Å². The molecule has 0 aliphatic heterocycles. The molecule has 1 atom stereocenters. The fraction of sp³-hybridized carbons (Fsp3) is 0.263. The summed E-state index contributed by atoms with van der Waals surface area (Å²) in [4.78, 5) is 23.7. The molecule has 0 saturated heterocycles. The molecule has 0 N–H and O–H groups in total. The van der Waals surface area contributed by atoms with Crippen molar-refractivity contribution >= 4 is 17.8 Å². The third-order valence-electron chi connectivity index (χ3n) is 3.75. The van der Waals surface area contributed by atoms with Gasteiger partial charge in [-0.2, -0.15) is 0 Å². The fourth-order valence-corrected chi connectivity index (χ4v) is 2.61. The number of carbonyl (C=O) groups excluding carboxylic acids is 2. The minimum absolute atomic E-state index is 0.0182. The summed E-state index contributed by atoms with van der Waals surface area (Å²) < 4.78 is 4.73. The van der Waals surface area contributed by atoms with Crippen LogP contribution in [0.2, 0.25) is 0 Å². The van der Waals surface area contributed by atoms with E-state index in [1.807, 2.05) is 55.5 Å². The lowest BCUT2D eigenvalue weighted by Gasteiger charge is -2.21. The molecule has 1 aliphatic carbocycles. The van der Waals surface area contributed by atoms with Crippen molar-refractivity contribution in [2.75, 3.05) is 7.11 Å². The van der Waals surface area contributed by atoms with Crippen LogP contribution in [-0.2, 0) is 14.3 Å². The summed E-state index contributed by atoms with van der Waals surface area (Å²) in [5, 5.41) is 0. The van der Waals surface area contributed by atoms with Gasteiger partial charge in [-0.25, -0.2) is 0 Å². The van der Waals surface area contributed by atoms with Gasteiger partial charge in [-0.3, -0.25) is 9.59 Å². The standard InChI is InChI=1S/C19H20O3/c1-14(11-12-15-7-4-3-5-8-15)19-16(13-18(21)22-2)9-6-10-17(19)20/h3-8,10-12,16H,9,13H2,1-2H3/b12-11+,19-14+/t16-/m1/s1. The molecule has 114 valence electrons. The maximum atomic E-state index is 12.2. The lowest BCUT2D eigenvalue weighted by atomic mass is 9.82. The second-order valence-electron chi connectivity index (χ2n) is 5.32. The Balaban J connectivity index is 2.26. The number of rotatable bonds is 4. The van der Waals surface area contributed by atoms with Gasteiger partial charge < -0.3 is 4.74 Å². The molecule has 0 spiro atoms. The first-order chi connectivity index (χ1) is 10.6. The molecule has 1 aromatic carbocycles. The SMILES string of the molecule is COC(=O)C[C@H]1CC=CC(=O)/C1=C(C)/C=C/c1ccccc1. The molecular weight excluding hydrogens is 276 g/mol. The summed E-state index contributed by atoms with van der Waals surface area (Å²) in [5.74, 6) is -0.411. The first-order valence-electron chi connectivity index (χ1n) is 7.33. The van der Waals surface area contributed by atoms with Crippen LogP contribution in [0.4, 0.5) is 0 Å². The average Bonchev–Trinajstić information content (AvgIpc) is 2.53. The van der Waals surface area contributed by atoms with Crippen molar-refractivity contribution in [3.63, 3.8) is 0 Å². The first-order valence-corrected chi connectivity index (χ1v) is 7.33. The lowest BCUT2D eigenvalue weighted by molar-refractivity contribution is -0.141. The second-order valence-corrected chi connectivity index (χ2v) is 5.32. The average molecular weight is 296 g/mol. The number of methoxy groups -OCH3 is 1. The highest BCUT2D eigenvalue weighted by molar-refractivity contribution is 6.06. The smallest absolute Gasteiger partial charge is 0.306 e. The van der Waals surface area contributed by atoms with E-state index in [0.29, 0.717) is 12.0 Å². The van der Waals surface area contributed by atoms with Crippen LogP contribution < -0.4 is 0 Å². The Kier molecular flexibility index (Phi) is 5.48. The van der Waals surface area contributed by atoms with Gasteiger partial charge in [0.2, 0.25) is 0 Å². The third-order valence-corrected chi connectivity index (χ3v) is 3.75. The van der Waals surface area contributed by atoms with Crippen LogP contribution in [0.3, 0.4) is 0 Å². The number of hydrogen-bond acceptors (Lipinski definition) is 3. The number of benzene rings is 1. The molecule has 0 saturated carbocycles. The summed E-state index contributed by atoms with van der Waals surface area (Å²) in [7, 11) is 1.37. The Morgan fingerprint density at radius 3 is 2.73 bits per heavy atom. The van der Waals surface area contributed by atoms with Gasteiger partial charge in [-0.1, -0.05) is 48.6 Å². The number of ketones is 1. The van der Waals surface area contributed by atoms with E-state index in [1.54, 1.807) is 6.08 Å². The summed E-state index contributed by atoms with van der Waals surface area (Å²) in [5.41, 5.74) is 2.68. The molecule has 0 radical (unpaired) electrons. The molecular formula is C19H20O3. The van der Waals surface area contributed by atoms with Crippen LogP contribution >= 0.6 is 0 Å². The molecule has 0 amide bonds. The highest BCUT2D eigenvalue weighted by atomic mass is 16.5. The van der Waals surface area contributed by atoms with Crippen molar-refractivity contribution in [3.8, 4) is 0 Å². The Morgan fingerprint density at radius 2 is 2.05 bits per heavy atom. The molecule has 3 heteroatoms. The fourth-order valence-electron chi connectivity index (χ4n) is 2.61. The predicted octanol–water partition coefficient (Wildman–Crippen LogP) is 3.72. The summed E-state index contributed by atoms with van der Waals surface area (Å²) >= 11 is 0. The Hall–Kier alpha value is -2.42. The van der Waals surface area contributed by atoms with Crippen molar-refractivity contribution < 1.29 is 14.3 Å². The molecule has 2 rings (SSSR count). The summed E-state index contributed by atoms with van der Waals surface area (Å²) in [6.45, 7) is 1.91. The van der Waals surface area contributed by atoms with Crippen LogP contribution in [-0.4, -0.2) is 18.9 Å². The molecule has 0 bridgehead atoms. The van der Waals surface area contributed by atoms with Crippen molar-refractivity contribution in [1.82, 2.24) is 0 Å². The first kappa shape index (κ1) is 16.0. The van der Waals surface area contributed by atoms with E-state index in [4.69, 9.17) is 4.74 Å². The van der Waals surface area contributed by atoms with Crippen molar-refractivity contribution in [1.29, 1.82) is 0 Å². The van der Waals surface area contributed by atoms with Gasteiger partial charge in [0.1, 0.15) is 0 Å². The number of allylic oxidation sites excluding steroid dienone is 5. The van der Waals surface area contributed by atoms with Crippen LogP contribution in [0.25, 0.3) is 6.08 Å². The van der Waals surface area contributed by atoms with Gasteiger partial charge in [-0.05, 0) is 30.6 Å². The van der Waals surface area contributed by atoms with E-state index in [0.717, 1.165) is 11.1 Å². The van der Waals surface area contributed by atoms with Crippen LogP contribution in [0, 0.1) is 5.92 Å². The lowest BCUT2D eigenvalue weighted by Crippen LogP contribution is -2.20. The van der Waals surface area contributed by atoms with Gasteiger partial charge in [0, 0.05) is 11.5 Å². The summed E-state index contributed by atoms with van der Waals surface area (Å²) in [6.07, 6.45) is 8.25. The van der Waals surface area contributed by atoms with Crippen LogP contribution in [0.15, 0.2) is 59.7 Å². The Bertz CT molecular complexity index is 636. The topological polar surface area (TPSA) is 43.4 Å². The normalized spacial score (nSPS) is 20.3. The van der Waals surface area contributed by atoms with E-state index in [1.165, 1.54) is 7.11 Å². The van der Waals surface area contributed by atoms with Gasteiger partial charge in [0.05, 0.1) is 13.5 Å². The van der Waals surface area contributed by atoms with Gasteiger partial charge in [-0.15, -0.1) is 0 Å². The Morgan fingerprint density at radius 1 is 1.32 bits per heavy atom. The third kappa shape index (κ3) is 4.04. The molecule has 22 heavy (non-hydrogen) atoms. The monoisotopic (exact) mass is 296 g/mol. The molecule has 0 heterocycles. The summed E-state index contributed by atoms with van der Waals surface area (Å²) in [6, 6.07) is 9.91. The minimum Gasteiger partial charge on any atom is -0.469 e. The van der Waals surface area contributed by atoms with E-state index in [-0.39, 0.29) is 24.1 Å². The zero-order valence-corrected chi connectivity index (χ0v) is 12.9. The highest BCUT2D eigenvalue weighted by Gasteiger charge is 2.26. The number of carbonyl (C=O) groups is 2. The molecule has 0 unspecified atom stereocenters. The quantitative estimate of drug-likeness (QED) is 0.628. The molecule has 1 aromatic rings. The van der Waals surface area contributed by atoms with Crippen molar-refractivity contribution in [3.05, 3.63) is 65.3 Å². The van der Waals surface area contributed by atoms with Crippen molar-refractivity contribution in [2.24, 2.45) is 5.92 Å². The number of hydrogen-bond donors (Lipinski definition) is 0. The zero-order valence-electron chi connectivity index (χ0n) is 12.9. The second kappa shape index (κ2) is 7.55. The maximum Gasteiger partial charge on any atom is 0.306 e. The predicted molar refractivity (Wildman–Crippen MR) is 87.1 cm³/mol. The van der Waals surface area contributed by atoms with E-state index in [2.05, 4.69) is 0 Å². The van der Waals surface area contributed by atoms with Crippen LogP contribution in [0.1, 0.15) is 25.3 Å². The van der Waals surface area contributed by atoms with Crippen LogP contribution in [0.5, 0.6) is 0 Å². The highest BCUT2D eigenvalue weighted by Crippen LogP contribution is 2.29. The number of esters is 1. The molecule has 3 nitrogen and oxygen atoms in total. The Labute approximate surface area is 131 Å². The van der Waals surface area contributed by atoms with E-state index < -0.39 is 0 Å². The van der Waals surface area contributed by atoms with Gasteiger partial charge in [0.15, 0.2) is 5.78 Å². The number of ether oxygens (including phenoxy) is 1. The van der Waals surface area contributed by atoms with E-state index >= 15 is 0 Å². The largest absolute Gasteiger partial charge is 0.469 e. The molecule has 0 aromatic heterocycles.